The van der Waals surface area contributed by atoms with Crippen molar-refractivity contribution < 1.29 is 9.18 Å². The van der Waals surface area contributed by atoms with Crippen molar-refractivity contribution in [3.8, 4) is 0 Å². The van der Waals surface area contributed by atoms with Crippen molar-refractivity contribution in [1.82, 2.24) is 5.32 Å². The molecular weight excluding hydrogens is 243 g/mol. The summed E-state index contributed by atoms with van der Waals surface area (Å²) in [6.07, 6.45) is 5.77. The van der Waals surface area contributed by atoms with Crippen LogP contribution in [0.3, 0.4) is 0 Å². The van der Waals surface area contributed by atoms with Crippen LogP contribution in [0.2, 0.25) is 0 Å². The number of amides is 1. The Labute approximate surface area is 113 Å². The summed E-state index contributed by atoms with van der Waals surface area (Å²) >= 11 is 0. The fourth-order valence-corrected chi connectivity index (χ4v) is 2.86. The number of carbonyl (C=O) groups is 1. The summed E-state index contributed by atoms with van der Waals surface area (Å²) in [5.74, 6) is -0.895. The van der Waals surface area contributed by atoms with Crippen LogP contribution in [0.25, 0.3) is 0 Å². The average molecular weight is 264 g/mol. The molecule has 0 aromatic heterocycles. The second kappa shape index (κ2) is 5.59. The van der Waals surface area contributed by atoms with Crippen LogP contribution >= 0.6 is 0 Å². The van der Waals surface area contributed by atoms with E-state index in [1.54, 1.807) is 0 Å². The second-order valence-corrected chi connectivity index (χ2v) is 5.48. The van der Waals surface area contributed by atoms with E-state index in [-0.39, 0.29) is 16.9 Å². The number of benzene rings is 1. The van der Waals surface area contributed by atoms with Gasteiger partial charge in [-0.1, -0.05) is 19.8 Å². The van der Waals surface area contributed by atoms with Crippen molar-refractivity contribution in [2.75, 3.05) is 12.3 Å². The van der Waals surface area contributed by atoms with E-state index in [1.807, 2.05) is 0 Å². The lowest BCUT2D eigenvalue weighted by molar-refractivity contribution is 0.0924. The summed E-state index contributed by atoms with van der Waals surface area (Å²) in [5.41, 5.74) is 6.22. The minimum atomic E-state index is -0.524. The molecular formula is C15H21FN2O. The average Bonchev–Trinajstić information content (AvgIpc) is 2.88. The van der Waals surface area contributed by atoms with Gasteiger partial charge in [0, 0.05) is 12.2 Å². The monoisotopic (exact) mass is 264 g/mol. The SMILES string of the molecule is CCC1(CNC(=O)c2cc(N)ccc2F)CCCC1. The smallest absolute Gasteiger partial charge is 0.254 e. The van der Waals surface area contributed by atoms with Gasteiger partial charge in [-0.25, -0.2) is 4.39 Å². The van der Waals surface area contributed by atoms with Crippen molar-refractivity contribution in [2.45, 2.75) is 39.0 Å². The van der Waals surface area contributed by atoms with Crippen molar-refractivity contribution in [3.63, 3.8) is 0 Å². The van der Waals surface area contributed by atoms with Crippen molar-refractivity contribution in [1.29, 1.82) is 0 Å². The van der Waals surface area contributed by atoms with Gasteiger partial charge < -0.3 is 11.1 Å². The van der Waals surface area contributed by atoms with Gasteiger partial charge in [-0.3, -0.25) is 4.79 Å². The lowest BCUT2D eigenvalue weighted by atomic mass is 9.83. The molecule has 2 rings (SSSR count). The Morgan fingerprint density at radius 2 is 2.11 bits per heavy atom. The van der Waals surface area contributed by atoms with Gasteiger partial charge in [0.25, 0.3) is 5.91 Å². The zero-order valence-electron chi connectivity index (χ0n) is 11.3. The Morgan fingerprint density at radius 1 is 1.42 bits per heavy atom. The highest BCUT2D eigenvalue weighted by Crippen LogP contribution is 2.40. The van der Waals surface area contributed by atoms with Gasteiger partial charge in [0.05, 0.1) is 5.56 Å². The predicted molar refractivity (Wildman–Crippen MR) is 74.3 cm³/mol. The van der Waals surface area contributed by atoms with Crippen LogP contribution in [0.4, 0.5) is 10.1 Å². The van der Waals surface area contributed by atoms with Gasteiger partial charge in [0.15, 0.2) is 0 Å². The van der Waals surface area contributed by atoms with Gasteiger partial charge in [0.1, 0.15) is 5.82 Å². The standard InChI is InChI=1S/C15H21FN2O/c1-2-15(7-3-4-8-15)10-18-14(19)12-9-11(17)5-6-13(12)16/h5-6,9H,2-4,7-8,10,17H2,1H3,(H,18,19). The Balaban J connectivity index is 2.03. The topological polar surface area (TPSA) is 55.1 Å². The molecule has 3 N–H and O–H groups in total. The summed E-state index contributed by atoms with van der Waals surface area (Å²) in [7, 11) is 0. The predicted octanol–water partition coefficient (Wildman–Crippen LogP) is 3.11. The normalized spacial score (nSPS) is 17.4. The quantitative estimate of drug-likeness (QED) is 0.821. The molecule has 0 heterocycles. The summed E-state index contributed by atoms with van der Waals surface area (Å²) in [6.45, 7) is 2.77. The molecule has 104 valence electrons. The van der Waals surface area contributed by atoms with E-state index >= 15 is 0 Å². The summed E-state index contributed by atoms with van der Waals surface area (Å²) in [4.78, 5) is 12.0. The molecule has 1 fully saturated rings. The first kappa shape index (κ1) is 13.8. The Hall–Kier alpha value is -1.58. The molecule has 4 heteroatoms. The number of halogens is 1. The molecule has 0 radical (unpaired) electrons. The van der Waals surface area contributed by atoms with E-state index in [2.05, 4.69) is 12.2 Å². The van der Waals surface area contributed by atoms with E-state index in [0.29, 0.717) is 12.2 Å². The third kappa shape index (κ3) is 3.06. The van der Waals surface area contributed by atoms with Crippen molar-refractivity contribution in [2.24, 2.45) is 5.41 Å². The first-order valence-electron chi connectivity index (χ1n) is 6.89. The minimum absolute atomic E-state index is 0.0317. The first-order valence-corrected chi connectivity index (χ1v) is 6.89. The maximum atomic E-state index is 13.6. The van der Waals surface area contributed by atoms with E-state index in [0.717, 1.165) is 19.3 Å². The molecule has 3 nitrogen and oxygen atoms in total. The van der Waals surface area contributed by atoms with Gasteiger partial charge in [-0.15, -0.1) is 0 Å². The lowest BCUT2D eigenvalue weighted by Crippen LogP contribution is -2.36. The molecule has 1 aliphatic rings. The fraction of sp³-hybridized carbons (Fsp3) is 0.533. The fourth-order valence-electron chi connectivity index (χ4n) is 2.86. The van der Waals surface area contributed by atoms with Crippen LogP contribution in [0.15, 0.2) is 18.2 Å². The highest BCUT2D eigenvalue weighted by Gasteiger charge is 2.32. The van der Waals surface area contributed by atoms with Gasteiger partial charge in [-0.2, -0.15) is 0 Å². The Morgan fingerprint density at radius 3 is 2.74 bits per heavy atom. The molecule has 1 aromatic rings. The summed E-state index contributed by atoms with van der Waals surface area (Å²) < 4.78 is 13.6. The van der Waals surface area contributed by atoms with E-state index in [4.69, 9.17) is 5.73 Å². The first-order chi connectivity index (χ1) is 9.06. The molecule has 0 saturated heterocycles. The summed E-state index contributed by atoms with van der Waals surface area (Å²) in [6, 6.07) is 4.07. The van der Waals surface area contributed by atoms with E-state index < -0.39 is 5.82 Å². The molecule has 0 aliphatic heterocycles. The molecule has 0 bridgehead atoms. The zero-order chi connectivity index (χ0) is 13.9. The van der Waals surface area contributed by atoms with Gasteiger partial charge in [0.2, 0.25) is 0 Å². The number of carbonyl (C=O) groups excluding carboxylic acids is 1. The molecule has 19 heavy (non-hydrogen) atoms. The molecule has 1 aliphatic carbocycles. The third-order valence-corrected chi connectivity index (χ3v) is 4.27. The van der Waals surface area contributed by atoms with Crippen LogP contribution in [-0.2, 0) is 0 Å². The molecule has 1 amide bonds. The minimum Gasteiger partial charge on any atom is -0.399 e. The number of anilines is 1. The van der Waals surface area contributed by atoms with Crippen LogP contribution < -0.4 is 11.1 Å². The van der Waals surface area contributed by atoms with Crippen LogP contribution in [0, 0.1) is 11.2 Å². The van der Waals surface area contributed by atoms with Crippen molar-refractivity contribution in [3.05, 3.63) is 29.6 Å². The number of hydrogen-bond donors (Lipinski definition) is 2. The number of nitrogens with one attached hydrogen (secondary N) is 1. The number of rotatable bonds is 4. The van der Waals surface area contributed by atoms with E-state index in [9.17, 15) is 9.18 Å². The third-order valence-electron chi connectivity index (χ3n) is 4.27. The summed E-state index contributed by atoms with van der Waals surface area (Å²) in [5, 5.41) is 2.87. The molecule has 1 aromatic carbocycles. The van der Waals surface area contributed by atoms with Gasteiger partial charge >= 0.3 is 0 Å². The van der Waals surface area contributed by atoms with E-state index in [1.165, 1.54) is 31.0 Å². The Kier molecular flexibility index (Phi) is 4.08. The van der Waals surface area contributed by atoms with Gasteiger partial charge in [-0.05, 0) is 42.9 Å². The number of nitrogen functional groups attached to an aromatic ring is 1. The highest BCUT2D eigenvalue weighted by atomic mass is 19.1. The molecule has 1 saturated carbocycles. The largest absolute Gasteiger partial charge is 0.399 e. The van der Waals surface area contributed by atoms with Crippen LogP contribution in [0.5, 0.6) is 0 Å². The lowest BCUT2D eigenvalue weighted by Gasteiger charge is -2.27. The Bertz CT molecular complexity index is 467. The number of hydrogen-bond acceptors (Lipinski definition) is 2. The highest BCUT2D eigenvalue weighted by molar-refractivity contribution is 5.95. The van der Waals surface area contributed by atoms with Crippen LogP contribution in [-0.4, -0.2) is 12.5 Å². The van der Waals surface area contributed by atoms with Crippen molar-refractivity contribution >= 4 is 11.6 Å². The second-order valence-electron chi connectivity index (χ2n) is 5.48. The van der Waals surface area contributed by atoms with Crippen LogP contribution in [0.1, 0.15) is 49.4 Å². The zero-order valence-corrected chi connectivity index (χ0v) is 11.3. The molecule has 0 unspecified atom stereocenters. The number of nitrogens with two attached hydrogens (primary N) is 1. The maximum absolute atomic E-state index is 13.6. The molecule has 0 atom stereocenters. The maximum Gasteiger partial charge on any atom is 0.254 e. The molecule has 0 spiro atoms.